The van der Waals surface area contributed by atoms with Crippen molar-refractivity contribution in [1.29, 1.82) is 0 Å². The van der Waals surface area contributed by atoms with Crippen molar-refractivity contribution >= 4 is 5.97 Å². The largest absolute Gasteiger partial charge is 0.481 e. The van der Waals surface area contributed by atoms with Crippen LogP contribution in [0.4, 0.5) is 0 Å². The molecule has 0 spiro atoms. The van der Waals surface area contributed by atoms with Crippen molar-refractivity contribution in [2.45, 2.75) is 27.2 Å². The van der Waals surface area contributed by atoms with Gasteiger partial charge in [-0.3, -0.25) is 9.36 Å². The van der Waals surface area contributed by atoms with E-state index >= 15 is 0 Å². The Morgan fingerprint density at radius 3 is 2.35 bits per heavy atom. The lowest BCUT2D eigenvalue weighted by molar-refractivity contribution is -0.146. The zero-order valence-electron chi connectivity index (χ0n) is 11.8. The van der Waals surface area contributed by atoms with E-state index in [1.165, 1.54) is 0 Å². The second kappa shape index (κ2) is 5.00. The van der Waals surface area contributed by atoms with Crippen molar-refractivity contribution in [3.8, 4) is 5.69 Å². The number of carbonyl (C=O) groups is 1. The van der Waals surface area contributed by atoms with Crippen molar-refractivity contribution in [3.05, 3.63) is 52.2 Å². The summed E-state index contributed by atoms with van der Waals surface area (Å²) in [5.41, 5.74) is 1.55. The van der Waals surface area contributed by atoms with Crippen LogP contribution in [0.2, 0.25) is 0 Å². The second-order valence-corrected chi connectivity index (χ2v) is 5.60. The smallest absolute Gasteiger partial charge is 0.330 e. The zero-order valence-corrected chi connectivity index (χ0v) is 11.8. The van der Waals surface area contributed by atoms with Crippen molar-refractivity contribution < 1.29 is 9.90 Å². The first-order valence-electron chi connectivity index (χ1n) is 6.41. The van der Waals surface area contributed by atoms with Crippen LogP contribution in [0.15, 0.2) is 35.3 Å². The number of carboxylic acids is 1. The van der Waals surface area contributed by atoms with Crippen molar-refractivity contribution in [3.63, 3.8) is 0 Å². The fourth-order valence-electron chi connectivity index (χ4n) is 2.13. The number of aromatic nitrogens is 2. The summed E-state index contributed by atoms with van der Waals surface area (Å²) in [6.07, 6.45) is 2.10. The molecule has 1 aromatic heterocycles. The molecule has 106 valence electrons. The zero-order chi connectivity index (χ0) is 14.9. The minimum absolute atomic E-state index is 0.180. The van der Waals surface area contributed by atoms with E-state index in [2.05, 4.69) is 4.98 Å². The lowest BCUT2D eigenvalue weighted by atomic mass is 9.86. The third-order valence-corrected chi connectivity index (χ3v) is 3.38. The molecule has 0 aliphatic carbocycles. The van der Waals surface area contributed by atoms with E-state index in [9.17, 15) is 9.59 Å². The van der Waals surface area contributed by atoms with Crippen molar-refractivity contribution in [1.82, 2.24) is 9.55 Å². The van der Waals surface area contributed by atoms with Gasteiger partial charge in [0.1, 0.15) is 0 Å². The number of imidazole rings is 1. The lowest BCUT2D eigenvalue weighted by Gasteiger charge is -2.19. The number of hydrogen-bond acceptors (Lipinski definition) is 2. The molecule has 1 heterocycles. The predicted molar refractivity (Wildman–Crippen MR) is 76.2 cm³/mol. The standard InChI is InChI=1S/C15H18N2O3/c1-10-9-16-14(20)17(10)12-6-4-11(5-7-12)8-15(2,3)13(18)19/h4-7,9H,8H2,1-3H3,(H,16,20)(H,18,19). The van der Waals surface area contributed by atoms with Gasteiger partial charge in [0.05, 0.1) is 11.1 Å². The monoisotopic (exact) mass is 274 g/mol. The Morgan fingerprint density at radius 1 is 1.30 bits per heavy atom. The third kappa shape index (κ3) is 2.66. The molecule has 0 radical (unpaired) electrons. The van der Waals surface area contributed by atoms with Crippen LogP contribution < -0.4 is 5.69 Å². The van der Waals surface area contributed by atoms with E-state index in [0.717, 1.165) is 16.9 Å². The number of carboxylic acid groups (broad SMARTS) is 1. The fourth-order valence-corrected chi connectivity index (χ4v) is 2.13. The minimum Gasteiger partial charge on any atom is -0.481 e. The summed E-state index contributed by atoms with van der Waals surface area (Å²) in [6, 6.07) is 7.38. The number of H-pyrrole nitrogens is 1. The molecule has 0 aliphatic rings. The van der Waals surface area contributed by atoms with Gasteiger partial charge < -0.3 is 10.1 Å². The van der Waals surface area contributed by atoms with Crippen LogP contribution in [0.3, 0.4) is 0 Å². The molecule has 2 aromatic rings. The van der Waals surface area contributed by atoms with Gasteiger partial charge in [-0.25, -0.2) is 4.79 Å². The van der Waals surface area contributed by atoms with E-state index in [0.29, 0.717) is 6.42 Å². The molecule has 1 aromatic carbocycles. The van der Waals surface area contributed by atoms with E-state index in [4.69, 9.17) is 5.11 Å². The van der Waals surface area contributed by atoms with Gasteiger partial charge in [0.2, 0.25) is 0 Å². The van der Waals surface area contributed by atoms with Gasteiger partial charge in [-0.15, -0.1) is 0 Å². The normalized spacial score (nSPS) is 11.6. The molecule has 0 bridgehead atoms. The average molecular weight is 274 g/mol. The van der Waals surface area contributed by atoms with E-state index < -0.39 is 11.4 Å². The minimum atomic E-state index is -0.820. The number of nitrogens with zero attached hydrogens (tertiary/aromatic N) is 1. The second-order valence-electron chi connectivity index (χ2n) is 5.60. The summed E-state index contributed by atoms with van der Waals surface area (Å²) in [5, 5.41) is 9.13. The molecule has 5 nitrogen and oxygen atoms in total. The van der Waals surface area contributed by atoms with E-state index in [1.807, 2.05) is 31.2 Å². The number of nitrogens with one attached hydrogen (secondary N) is 1. The third-order valence-electron chi connectivity index (χ3n) is 3.38. The van der Waals surface area contributed by atoms with E-state index in [-0.39, 0.29) is 5.69 Å². The van der Waals surface area contributed by atoms with Crippen LogP contribution in [-0.4, -0.2) is 20.6 Å². The van der Waals surface area contributed by atoms with Gasteiger partial charge in [0, 0.05) is 11.9 Å². The van der Waals surface area contributed by atoms with Gasteiger partial charge >= 0.3 is 11.7 Å². The van der Waals surface area contributed by atoms with Crippen LogP contribution in [0.5, 0.6) is 0 Å². The Labute approximate surface area is 116 Å². The Hall–Kier alpha value is -2.30. The molecule has 0 atom stereocenters. The number of benzene rings is 1. The summed E-state index contributed by atoms with van der Waals surface area (Å²) in [7, 11) is 0. The summed E-state index contributed by atoms with van der Waals surface area (Å²) < 4.78 is 1.58. The van der Waals surface area contributed by atoms with E-state index in [1.54, 1.807) is 24.6 Å². The molecule has 0 unspecified atom stereocenters. The Bertz CT molecular complexity index is 678. The number of rotatable bonds is 4. The molecule has 2 rings (SSSR count). The first-order chi connectivity index (χ1) is 9.31. The van der Waals surface area contributed by atoms with Crippen LogP contribution >= 0.6 is 0 Å². The summed E-state index contributed by atoms with van der Waals surface area (Å²) in [5.74, 6) is -0.820. The van der Waals surface area contributed by atoms with Gasteiger partial charge in [-0.05, 0) is 44.9 Å². The van der Waals surface area contributed by atoms with Crippen molar-refractivity contribution in [2.75, 3.05) is 0 Å². The molecular formula is C15H18N2O3. The summed E-state index contributed by atoms with van der Waals surface area (Å²) in [4.78, 5) is 25.4. The maximum Gasteiger partial charge on any atom is 0.330 e. The highest BCUT2D eigenvalue weighted by Crippen LogP contribution is 2.22. The number of aliphatic carboxylic acids is 1. The molecule has 0 aliphatic heterocycles. The maximum atomic E-state index is 11.7. The number of aromatic amines is 1. The molecule has 5 heteroatoms. The van der Waals surface area contributed by atoms with Gasteiger partial charge in [0.15, 0.2) is 0 Å². The van der Waals surface area contributed by atoms with Gasteiger partial charge in [-0.2, -0.15) is 0 Å². The Balaban J connectivity index is 2.28. The molecule has 20 heavy (non-hydrogen) atoms. The van der Waals surface area contributed by atoms with Crippen LogP contribution in [0.1, 0.15) is 25.1 Å². The maximum absolute atomic E-state index is 11.7. The van der Waals surface area contributed by atoms with Gasteiger partial charge in [-0.1, -0.05) is 12.1 Å². The van der Waals surface area contributed by atoms with Crippen molar-refractivity contribution in [2.24, 2.45) is 5.41 Å². The van der Waals surface area contributed by atoms with Crippen LogP contribution in [0, 0.1) is 12.3 Å². The topological polar surface area (TPSA) is 75.1 Å². The number of aryl methyl sites for hydroxylation is 1. The molecular weight excluding hydrogens is 256 g/mol. The fraction of sp³-hybridized carbons (Fsp3) is 0.333. The lowest BCUT2D eigenvalue weighted by Crippen LogP contribution is -2.26. The van der Waals surface area contributed by atoms with Crippen LogP contribution in [-0.2, 0) is 11.2 Å². The highest BCUT2D eigenvalue weighted by Gasteiger charge is 2.27. The molecule has 2 N–H and O–H groups in total. The number of hydrogen-bond donors (Lipinski definition) is 2. The molecule has 0 saturated carbocycles. The Kier molecular flexibility index (Phi) is 3.53. The SMILES string of the molecule is Cc1c[nH]c(=O)n1-c1ccc(CC(C)(C)C(=O)O)cc1. The van der Waals surface area contributed by atoms with Crippen LogP contribution in [0.25, 0.3) is 5.69 Å². The molecule has 0 amide bonds. The summed E-state index contributed by atoms with van der Waals surface area (Å²) in [6.45, 7) is 5.24. The van der Waals surface area contributed by atoms with Gasteiger partial charge in [0.25, 0.3) is 0 Å². The Morgan fingerprint density at radius 2 is 1.90 bits per heavy atom. The molecule has 0 fully saturated rings. The highest BCUT2D eigenvalue weighted by molar-refractivity contribution is 5.74. The predicted octanol–water partition coefficient (Wildman–Crippen LogP) is 2.13. The quantitative estimate of drug-likeness (QED) is 0.896. The molecule has 0 saturated heterocycles. The first-order valence-corrected chi connectivity index (χ1v) is 6.41. The first kappa shape index (κ1) is 14.1. The highest BCUT2D eigenvalue weighted by atomic mass is 16.4. The summed E-state index contributed by atoms with van der Waals surface area (Å²) >= 11 is 0. The average Bonchev–Trinajstić information content (AvgIpc) is 2.70.